The highest BCUT2D eigenvalue weighted by Crippen LogP contribution is 2.33. The van der Waals surface area contributed by atoms with Gasteiger partial charge in [0.25, 0.3) is 0 Å². The number of hydrogen-bond donors (Lipinski definition) is 0. The summed E-state index contributed by atoms with van der Waals surface area (Å²) in [6.07, 6.45) is -0.779. The van der Waals surface area contributed by atoms with E-state index in [0.29, 0.717) is 30.4 Å². The Hall–Kier alpha value is -3.74. The molecule has 2 aliphatic rings. The zero-order valence-corrected chi connectivity index (χ0v) is 17.4. The third-order valence-corrected chi connectivity index (χ3v) is 5.30. The van der Waals surface area contributed by atoms with Crippen LogP contribution in [-0.2, 0) is 17.5 Å². The van der Waals surface area contributed by atoms with Crippen LogP contribution in [0, 0.1) is 11.3 Å². The van der Waals surface area contributed by atoms with Crippen molar-refractivity contribution in [1.29, 1.82) is 5.26 Å². The molecule has 0 unspecified atom stereocenters. The average Bonchev–Trinajstić information content (AvgIpc) is 3.06. The molecule has 1 fully saturated rings. The van der Waals surface area contributed by atoms with Crippen LogP contribution in [0.4, 0.5) is 13.2 Å². The first kappa shape index (κ1) is 21.5. The van der Waals surface area contributed by atoms with Crippen molar-refractivity contribution in [2.24, 2.45) is 4.99 Å². The van der Waals surface area contributed by atoms with E-state index in [0.717, 1.165) is 24.6 Å². The summed E-state index contributed by atoms with van der Waals surface area (Å²) in [6.45, 7) is 3.76. The van der Waals surface area contributed by atoms with Crippen molar-refractivity contribution in [1.82, 2.24) is 14.8 Å². The Morgan fingerprint density at radius 3 is 2.81 bits per heavy atom. The van der Waals surface area contributed by atoms with Gasteiger partial charge in [0.15, 0.2) is 0 Å². The molecular formula is C22H20F3N5O2. The Kier molecular flexibility index (Phi) is 5.65. The van der Waals surface area contributed by atoms with E-state index in [1.165, 1.54) is 6.07 Å². The second kappa shape index (κ2) is 8.42. The average molecular weight is 443 g/mol. The topological polar surface area (TPSA) is 74.0 Å². The fourth-order valence-electron chi connectivity index (χ4n) is 3.46. The van der Waals surface area contributed by atoms with Crippen molar-refractivity contribution < 1.29 is 22.6 Å². The number of aliphatic imine (C=N–C) groups is 1. The molecular weight excluding hydrogens is 423 g/mol. The predicted octanol–water partition coefficient (Wildman–Crippen LogP) is 4.13. The molecule has 1 aromatic carbocycles. The number of aromatic nitrogens is 1. The van der Waals surface area contributed by atoms with Crippen LogP contribution >= 0.6 is 0 Å². The van der Waals surface area contributed by atoms with Crippen molar-refractivity contribution in [3.63, 3.8) is 0 Å². The number of benzene rings is 1. The number of fused-ring (bicyclic) bond motifs is 1. The Morgan fingerprint density at radius 1 is 1.25 bits per heavy atom. The summed E-state index contributed by atoms with van der Waals surface area (Å²) in [4.78, 5) is 12.3. The van der Waals surface area contributed by atoms with Crippen LogP contribution in [-0.4, -0.2) is 47.0 Å². The van der Waals surface area contributed by atoms with Gasteiger partial charge in [-0.2, -0.15) is 18.4 Å². The van der Waals surface area contributed by atoms with Gasteiger partial charge in [0, 0.05) is 31.9 Å². The number of hydrogen-bond acceptors (Lipinski definition) is 7. The molecule has 0 saturated carbocycles. The quantitative estimate of drug-likeness (QED) is 0.708. The molecule has 2 aliphatic heterocycles. The third kappa shape index (κ3) is 4.46. The molecule has 1 saturated heterocycles. The maximum absolute atomic E-state index is 12.9. The molecule has 0 aliphatic carbocycles. The van der Waals surface area contributed by atoms with E-state index in [9.17, 15) is 18.4 Å². The van der Waals surface area contributed by atoms with Crippen LogP contribution in [0.5, 0.6) is 11.5 Å². The van der Waals surface area contributed by atoms with Gasteiger partial charge in [-0.05, 0) is 30.7 Å². The lowest BCUT2D eigenvalue weighted by atomic mass is 10.1. The number of pyridine rings is 1. The molecule has 0 radical (unpaired) electrons. The van der Waals surface area contributed by atoms with E-state index >= 15 is 0 Å². The highest BCUT2D eigenvalue weighted by molar-refractivity contribution is 5.89. The molecule has 1 aromatic heterocycles. The van der Waals surface area contributed by atoms with E-state index in [1.807, 2.05) is 19.2 Å². The molecule has 0 spiro atoms. The highest BCUT2D eigenvalue weighted by Gasteiger charge is 2.32. The SMILES string of the molecule is C[C@@H]1CN2CN=C(OCc3ccc(Oc4cncc(C(F)(F)F)c4)c(C#N)c3)C=C2N1C. The number of halogens is 3. The van der Waals surface area contributed by atoms with Crippen LogP contribution < -0.4 is 4.74 Å². The summed E-state index contributed by atoms with van der Waals surface area (Å²) in [6, 6.07) is 8.01. The van der Waals surface area contributed by atoms with Gasteiger partial charge in [-0.1, -0.05) is 6.07 Å². The third-order valence-electron chi connectivity index (χ3n) is 5.30. The summed E-state index contributed by atoms with van der Waals surface area (Å²) >= 11 is 0. The normalized spacial score (nSPS) is 17.9. The predicted molar refractivity (Wildman–Crippen MR) is 110 cm³/mol. The molecule has 4 rings (SSSR count). The number of ether oxygens (including phenoxy) is 2. The zero-order chi connectivity index (χ0) is 22.9. The molecule has 0 amide bonds. The maximum Gasteiger partial charge on any atom is 0.418 e. The van der Waals surface area contributed by atoms with Gasteiger partial charge in [0.05, 0.1) is 17.3 Å². The number of rotatable bonds is 4. The molecule has 1 atom stereocenters. The second-order valence-electron chi connectivity index (χ2n) is 7.56. The monoisotopic (exact) mass is 443 g/mol. The lowest BCUT2D eigenvalue weighted by molar-refractivity contribution is -0.137. The Bertz CT molecular complexity index is 1120. The molecule has 0 bridgehead atoms. The first-order chi connectivity index (χ1) is 15.2. The fourth-order valence-corrected chi connectivity index (χ4v) is 3.46. The molecule has 0 N–H and O–H groups in total. The largest absolute Gasteiger partial charge is 0.473 e. The number of likely N-dealkylation sites (N-methyl/N-ethyl adjacent to an activating group) is 1. The van der Waals surface area contributed by atoms with Gasteiger partial charge in [-0.3, -0.25) is 4.98 Å². The van der Waals surface area contributed by atoms with Gasteiger partial charge >= 0.3 is 6.18 Å². The van der Waals surface area contributed by atoms with Crippen LogP contribution in [0.25, 0.3) is 0 Å². The molecule has 2 aromatic rings. The Labute approximate surface area is 183 Å². The van der Waals surface area contributed by atoms with Gasteiger partial charge in [-0.25, -0.2) is 4.99 Å². The van der Waals surface area contributed by atoms with Gasteiger partial charge in [0.2, 0.25) is 5.90 Å². The molecule has 10 heteroatoms. The van der Waals surface area contributed by atoms with Gasteiger partial charge < -0.3 is 19.3 Å². The first-order valence-electron chi connectivity index (χ1n) is 9.84. The number of nitrogens with zero attached hydrogens (tertiary/aromatic N) is 5. The number of nitriles is 1. The van der Waals surface area contributed by atoms with E-state index in [-0.39, 0.29) is 23.7 Å². The van der Waals surface area contributed by atoms with Crippen LogP contribution in [0.15, 0.2) is 53.5 Å². The van der Waals surface area contributed by atoms with E-state index in [2.05, 4.69) is 26.7 Å². The second-order valence-corrected chi connectivity index (χ2v) is 7.56. The molecule has 3 heterocycles. The van der Waals surface area contributed by atoms with Crippen LogP contribution in [0.2, 0.25) is 0 Å². The minimum Gasteiger partial charge on any atom is -0.473 e. The van der Waals surface area contributed by atoms with Crippen molar-refractivity contribution >= 4 is 5.90 Å². The minimum atomic E-state index is -4.54. The Morgan fingerprint density at radius 2 is 2.06 bits per heavy atom. The standard InChI is InChI=1S/C22H20F3N5O2/c1-14-11-30-13-28-20(7-21(30)29(14)2)31-12-15-3-4-19(16(5-15)8-26)32-18-6-17(9-27-10-18)22(23,24)25/h3-7,9-10,14H,11-13H2,1-2H3/t14-/m1/s1. The first-order valence-corrected chi connectivity index (χ1v) is 9.84. The van der Waals surface area contributed by atoms with E-state index < -0.39 is 11.7 Å². The molecule has 32 heavy (non-hydrogen) atoms. The van der Waals surface area contributed by atoms with E-state index in [4.69, 9.17) is 9.47 Å². The van der Waals surface area contributed by atoms with Crippen molar-refractivity contribution in [2.75, 3.05) is 20.3 Å². The van der Waals surface area contributed by atoms with Crippen molar-refractivity contribution in [3.05, 3.63) is 65.2 Å². The summed E-state index contributed by atoms with van der Waals surface area (Å²) in [5, 5.41) is 9.47. The van der Waals surface area contributed by atoms with Gasteiger partial charge in [0.1, 0.15) is 36.7 Å². The van der Waals surface area contributed by atoms with Crippen molar-refractivity contribution in [3.8, 4) is 17.6 Å². The molecule has 166 valence electrons. The summed E-state index contributed by atoms with van der Waals surface area (Å²) < 4.78 is 49.9. The highest BCUT2D eigenvalue weighted by atomic mass is 19.4. The number of alkyl halides is 3. The maximum atomic E-state index is 12.9. The molecule has 7 nitrogen and oxygen atoms in total. The summed E-state index contributed by atoms with van der Waals surface area (Å²) in [5.74, 6) is 1.58. The lowest BCUT2D eigenvalue weighted by Gasteiger charge is -2.24. The Balaban J connectivity index is 1.44. The lowest BCUT2D eigenvalue weighted by Crippen LogP contribution is -2.27. The van der Waals surface area contributed by atoms with Gasteiger partial charge in [-0.15, -0.1) is 0 Å². The fraction of sp³-hybridized carbons (Fsp3) is 0.318. The smallest absolute Gasteiger partial charge is 0.418 e. The zero-order valence-electron chi connectivity index (χ0n) is 17.4. The van der Waals surface area contributed by atoms with Crippen LogP contribution in [0.3, 0.4) is 0 Å². The van der Waals surface area contributed by atoms with Crippen molar-refractivity contribution in [2.45, 2.75) is 25.7 Å². The minimum absolute atomic E-state index is 0.108. The summed E-state index contributed by atoms with van der Waals surface area (Å²) in [5.41, 5.74) is -0.0579. The summed E-state index contributed by atoms with van der Waals surface area (Å²) in [7, 11) is 2.03. The van der Waals surface area contributed by atoms with E-state index in [1.54, 1.807) is 12.1 Å². The van der Waals surface area contributed by atoms with Crippen LogP contribution in [0.1, 0.15) is 23.6 Å².